The van der Waals surface area contributed by atoms with E-state index in [0.717, 1.165) is 0 Å². The molecule has 1 rings (SSSR count). The van der Waals surface area contributed by atoms with Crippen molar-refractivity contribution in [2.45, 2.75) is 13.8 Å². The third kappa shape index (κ3) is 5.95. The van der Waals surface area contributed by atoms with Gasteiger partial charge in [0.1, 0.15) is 0 Å². The van der Waals surface area contributed by atoms with Crippen LogP contribution >= 0.6 is 0 Å². The van der Waals surface area contributed by atoms with Crippen molar-refractivity contribution in [3.63, 3.8) is 0 Å². The van der Waals surface area contributed by atoms with Gasteiger partial charge < -0.3 is 26.4 Å². The molecule has 0 spiro atoms. The second kappa shape index (κ2) is 9.42. The van der Waals surface area contributed by atoms with Gasteiger partial charge in [-0.1, -0.05) is 0 Å². The molecule has 1 aromatic carbocycles. The molecule has 0 fully saturated rings. The lowest BCUT2D eigenvalue weighted by Crippen LogP contribution is -2.36. The van der Waals surface area contributed by atoms with Crippen LogP contribution in [0, 0.1) is 0 Å². The van der Waals surface area contributed by atoms with Crippen molar-refractivity contribution in [1.29, 1.82) is 0 Å². The van der Waals surface area contributed by atoms with Gasteiger partial charge in [-0.2, -0.15) is 0 Å². The Kier molecular flexibility index (Phi) is 7.55. The molecule has 1 aromatic rings. The smallest absolute Gasteiger partial charge is 0.338 e. The molecule has 0 atom stereocenters. The summed E-state index contributed by atoms with van der Waals surface area (Å²) in [6.45, 7) is 4.14. The van der Waals surface area contributed by atoms with E-state index in [1.54, 1.807) is 19.1 Å². The second-order valence-electron chi connectivity index (χ2n) is 4.54. The molecular weight excluding hydrogens is 300 g/mol. The molecule has 23 heavy (non-hydrogen) atoms. The van der Waals surface area contributed by atoms with E-state index in [2.05, 4.69) is 16.0 Å². The van der Waals surface area contributed by atoms with Gasteiger partial charge in [0.25, 0.3) is 0 Å². The van der Waals surface area contributed by atoms with E-state index in [1.807, 2.05) is 6.92 Å². The molecule has 0 unspecified atom stereocenters. The molecule has 0 saturated heterocycles. The van der Waals surface area contributed by atoms with E-state index < -0.39 is 17.8 Å². The molecule has 0 bridgehead atoms. The topological polar surface area (TPSA) is 123 Å². The Labute approximate surface area is 134 Å². The SMILES string of the molecule is CCNc1ccc(C(=O)OCC)cc1NC(=O)CNC(=O)CN. The van der Waals surface area contributed by atoms with Crippen molar-refractivity contribution < 1.29 is 19.1 Å². The van der Waals surface area contributed by atoms with Crippen molar-refractivity contribution in [1.82, 2.24) is 5.32 Å². The van der Waals surface area contributed by atoms with Gasteiger partial charge in [0.2, 0.25) is 11.8 Å². The molecule has 2 amide bonds. The van der Waals surface area contributed by atoms with Gasteiger partial charge in [-0.15, -0.1) is 0 Å². The number of benzene rings is 1. The van der Waals surface area contributed by atoms with Crippen LogP contribution in [-0.2, 0) is 14.3 Å². The third-order valence-electron chi connectivity index (χ3n) is 2.80. The number of hydrogen-bond donors (Lipinski definition) is 4. The zero-order valence-corrected chi connectivity index (χ0v) is 13.3. The third-order valence-corrected chi connectivity index (χ3v) is 2.80. The maximum atomic E-state index is 11.9. The van der Waals surface area contributed by atoms with Crippen LogP contribution in [0.15, 0.2) is 18.2 Å². The molecule has 5 N–H and O–H groups in total. The first kappa shape index (κ1) is 18.4. The molecule has 8 nitrogen and oxygen atoms in total. The van der Waals surface area contributed by atoms with Crippen molar-refractivity contribution in [3.05, 3.63) is 23.8 Å². The predicted molar refractivity (Wildman–Crippen MR) is 87.3 cm³/mol. The minimum Gasteiger partial charge on any atom is -0.462 e. The summed E-state index contributed by atoms with van der Waals surface area (Å²) in [5.74, 6) is -1.32. The van der Waals surface area contributed by atoms with Crippen LogP contribution in [0.5, 0.6) is 0 Å². The number of rotatable bonds is 8. The Morgan fingerprint density at radius 3 is 2.48 bits per heavy atom. The van der Waals surface area contributed by atoms with Gasteiger partial charge in [0, 0.05) is 6.54 Å². The summed E-state index contributed by atoms with van der Waals surface area (Å²) in [6, 6.07) is 4.82. The molecule has 0 radical (unpaired) electrons. The molecule has 0 aromatic heterocycles. The lowest BCUT2D eigenvalue weighted by Gasteiger charge is -2.14. The van der Waals surface area contributed by atoms with Crippen LogP contribution in [0.1, 0.15) is 24.2 Å². The summed E-state index contributed by atoms with van der Waals surface area (Å²) in [7, 11) is 0. The van der Waals surface area contributed by atoms with Crippen LogP contribution < -0.4 is 21.7 Å². The van der Waals surface area contributed by atoms with Gasteiger partial charge in [-0.05, 0) is 32.0 Å². The highest BCUT2D eigenvalue weighted by Gasteiger charge is 2.13. The first-order chi connectivity index (χ1) is 11.0. The Bertz CT molecular complexity index is 575. The zero-order chi connectivity index (χ0) is 17.2. The maximum Gasteiger partial charge on any atom is 0.338 e. The van der Waals surface area contributed by atoms with E-state index in [-0.39, 0.29) is 19.7 Å². The van der Waals surface area contributed by atoms with Crippen molar-refractivity contribution >= 4 is 29.2 Å². The molecule has 0 aliphatic carbocycles. The minimum atomic E-state index is -0.470. The summed E-state index contributed by atoms with van der Waals surface area (Å²) in [6.07, 6.45) is 0. The van der Waals surface area contributed by atoms with E-state index in [9.17, 15) is 14.4 Å². The highest BCUT2D eigenvalue weighted by Crippen LogP contribution is 2.23. The molecule has 8 heteroatoms. The number of amides is 2. The van der Waals surface area contributed by atoms with Gasteiger partial charge in [0.15, 0.2) is 0 Å². The molecule has 126 valence electrons. The first-order valence-electron chi connectivity index (χ1n) is 7.33. The number of hydrogen-bond acceptors (Lipinski definition) is 6. The monoisotopic (exact) mass is 322 g/mol. The Hall–Kier alpha value is -2.61. The fraction of sp³-hybridized carbons (Fsp3) is 0.400. The maximum absolute atomic E-state index is 11.9. The van der Waals surface area contributed by atoms with Crippen LogP contribution in [0.25, 0.3) is 0 Å². The fourth-order valence-electron chi connectivity index (χ4n) is 1.78. The second-order valence-corrected chi connectivity index (χ2v) is 4.54. The van der Waals surface area contributed by atoms with Crippen molar-refractivity contribution in [3.8, 4) is 0 Å². The fourth-order valence-corrected chi connectivity index (χ4v) is 1.78. The number of anilines is 2. The van der Waals surface area contributed by atoms with Crippen molar-refractivity contribution in [2.75, 3.05) is 36.9 Å². The number of esters is 1. The lowest BCUT2D eigenvalue weighted by molar-refractivity contribution is -0.123. The molecule has 0 aliphatic rings. The summed E-state index contributed by atoms with van der Waals surface area (Å²) in [5.41, 5.74) is 6.58. The largest absolute Gasteiger partial charge is 0.462 e. The number of ether oxygens (including phenoxy) is 1. The zero-order valence-electron chi connectivity index (χ0n) is 13.3. The normalized spacial score (nSPS) is 9.87. The molecule has 0 aliphatic heterocycles. The van der Waals surface area contributed by atoms with Crippen LogP contribution in [-0.4, -0.2) is 44.0 Å². The Morgan fingerprint density at radius 2 is 1.87 bits per heavy atom. The van der Waals surface area contributed by atoms with Gasteiger partial charge in [-0.25, -0.2) is 4.79 Å². The van der Waals surface area contributed by atoms with Crippen LogP contribution in [0.3, 0.4) is 0 Å². The molecule has 0 saturated carbocycles. The number of nitrogens with one attached hydrogen (secondary N) is 3. The molecular formula is C15H22N4O4. The highest BCUT2D eigenvalue weighted by atomic mass is 16.5. The van der Waals surface area contributed by atoms with E-state index in [4.69, 9.17) is 10.5 Å². The number of nitrogens with two attached hydrogens (primary N) is 1. The van der Waals surface area contributed by atoms with Crippen LogP contribution in [0.4, 0.5) is 11.4 Å². The lowest BCUT2D eigenvalue weighted by atomic mass is 10.1. The van der Waals surface area contributed by atoms with Crippen LogP contribution in [0.2, 0.25) is 0 Å². The van der Waals surface area contributed by atoms with Crippen molar-refractivity contribution in [2.24, 2.45) is 5.73 Å². The number of carbonyl (C=O) groups excluding carboxylic acids is 3. The summed E-state index contributed by atoms with van der Waals surface area (Å²) >= 11 is 0. The average molecular weight is 322 g/mol. The summed E-state index contributed by atoms with van der Waals surface area (Å²) in [4.78, 5) is 34.7. The standard InChI is InChI=1S/C15H22N4O4/c1-3-17-11-6-5-10(15(22)23-4-2)7-12(11)19-14(21)9-18-13(20)8-16/h5-7,17H,3-4,8-9,16H2,1-2H3,(H,18,20)(H,19,21). The molecule has 0 heterocycles. The predicted octanol–water partition coefficient (Wildman–Crippen LogP) is 0.309. The first-order valence-corrected chi connectivity index (χ1v) is 7.33. The van der Waals surface area contributed by atoms with E-state index in [0.29, 0.717) is 23.5 Å². The van der Waals surface area contributed by atoms with Gasteiger partial charge in [-0.3, -0.25) is 9.59 Å². The quantitative estimate of drug-likeness (QED) is 0.511. The van der Waals surface area contributed by atoms with Gasteiger partial charge in [0.05, 0.1) is 36.6 Å². The van der Waals surface area contributed by atoms with Gasteiger partial charge >= 0.3 is 5.97 Å². The Morgan fingerprint density at radius 1 is 1.13 bits per heavy atom. The number of carbonyl (C=O) groups is 3. The summed E-state index contributed by atoms with van der Waals surface area (Å²) in [5, 5.41) is 8.10. The minimum absolute atomic E-state index is 0.186. The summed E-state index contributed by atoms with van der Waals surface area (Å²) < 4.78 is 4.94. The Balaban J connectivity index is 2.87. The van der Waals surface area contributed by atoms with E-state index in [1.165, 1.54) is 6.07 Å². The highest BCUT2D eigenvalue weighted by molar-refractivity contribution is 5.99. The van der Waals surface area contributed by atoms with E-state index >= 15 is 0 Å². The average Bonchev–Trinajstić information content (AvgIpc) is 2.54.